The summed E-state index contributed by atoms with van der Waals surface area (Å²) in [5.41, 5.74) is 3.45. The maximum Gasteiger partial charge on any atom is 0.407 e. The highest BCUT2D eigenvalue weighted by atomic mass is 16.5. The maximum absolute atomic E-state index is 13.4. The highest BCUT2D eigenvalue weighted by Gasteiger charge is 2.48. The number of alkyl carbamates (subject to hydrolysis) is 1. The van der Waals surface area contributed by atoms with E-state index in [1.165, 1.54) is 16.0 Å². The average molecular weight is 477 g/mol. The Kier molecular flexibility index (Phi) is 6.26. The zero-order valence-electron chi connectivity index (χ0n) is 20.0. The highest BCUT2D eigenvalue weighted by Crippen LogP contribution is 2.44. The molecular formula is C28H32N2O5. The van der Waals surface area contributed by atoms with Gasteiger partial charge in [0.25, 0.3) is 0 Å². The third-order valence-corrected chi connectivity index (χ3v) is 8.10. The number of rotatable bonds is 5. The molecule has 1 saturated heterocycles. The normalized spacial score (nSPS) is 25.6. The van der Waals surface area contributed by atoms with E-state index in [9.17, 15) is 19.5 Å². The van der Waals surface area contributed by atoms with Gasteiger partial charge < -0.3 is 20.1 Å². The lowest BCUT2D eigenvalue weighted by Gasteiger charge is -2.38. The molecule has 35 heavy (non-hydrogen) atoms. The molecule has 2 aromatic rings. The van der Waals surface area contributed by atoms with E-state index in [1.54, 1.807) is 6.92 Å². The Morgan fingerprint density at radius 2 is 1.63 bits per heavy atom. The van der Waals surface area contributed by atoms with Crippen LogP contribution in [0.4, 0.5) is 4.79 Å². The van der Waals surface area contributed by atoms with E-state index in [2.05, 4.69) is 29.6 Å². The Hall–Kier alpha value is -3.35. The second kappa shape index (κ2) is 9.36. The van der Waals surface area contributed by atoms with Crippen molar-refractivity contribution in [1.82, 2.24) is 10.2 Å². The predicted molar refractivity (Wildman–Crippen MR) is 131 cm³/mol. The number of benzene rings is 2. The summed E-state index contributed by atoms with van der Waals surface area (Å²) in [6.07, 6.45) is 3.71. The molecule has 0 bridgehead atoms. The molecule has 3 aliphatic rings. The average Bonchev–Trinajstić information content (AvgIpc) is 3.42. The Morgan fingerprint density at radius 1 is 1.00 bits per heavy atom. The summed E-state index contributed by atoms with van der Waals surface area (Å²) in [6.45, 7) is 2.28. The predicted octanol–water partition coefficient (Wildman–Crippen LogP) is 4.55. The minimum Gasteiger partial charge on any atom is -0.480 e. The number of carbonyl (C=O) groups is 3. The molecule has 0 unspecified atom stereocenters. The molecule has 184 valence electrons. The standard InChI is InChI=1S/C28H32N2O5/c1-28(26(32)33)15-8-16-30(28)25(31)22-13-6-7-14-24(22)29-27(34)35-17-23-20-11-4-2-9-18(20)19-10-3-5-12-21(19)23/h2-5,9-12,22-24H,6-8,13-17H2,1H3,(H,29,34)(H,32,33)/t22-,24+,28+/m1/s1. The van der Waals surface area contributed by atoms with Gasteiger partial charge in [0.15, 0.2) is 0 Å². The van der Waals surface area contributed by atoms with Crippen LogP contribution >= 0.6 is 0 Å². The van der Waals surface area contributed by atoms with E-state index in [0.29, 0.717) is 32.2 Å². The summed E-state index contributed by atoms with van der Waals surface area (Å²) < 4.78 is 5.71. The van der Waals surface area contributed by atoms with Crippen LogP contribution in [-0.4, -0.2) is 52.7 Å². The van der Waals surface area contributed by atoms with Crippen molar-refractivity contribution >= 4 is 18.0 Å². The fourth-order valence-electron chi connectivity index (χ4n) is 6.13. The molecule has 7 nitrogen and oxygen atoms in total. The molecule has 2 aromatic carbocycles. The monoisotopic (exact) mass is 476 g/mol. The summed E-state index contributed by atoms with van der Waals surface area (Å²) in [5, 5.41) is 12.7. The van der Waals surface area contributed by atoms with Crippen LogP contribution < -0.4 is 5.32 Å². The molecule has 3 atom stereocenters. The zero-order valence-corrected chi connectivity index (χ0v) is 20.0. The number of fused-ring (bicyclic) bond motifs is 3. The topological polar surface area (TPSA) is 95.9 Å². The second-order valence-corrected chi connectivity index (χ2v) is 10.1. The van der Waals surface area contributed by atoms with Gasteiger partial charge in [-0.1, -0.05) is 61.4 Å². The SMILES string of the molecule is C[C@@]1(C(=O)O)CCCN1C(=O)[C@@H]1CCCC[C@@H]1NC(=O)OCC1c2ccccc2-c2ccccc21. The van der Waals surface area contributed by atoms with E-state index in [1.807, 2.05) is 24.3 Å². The van der Waals surface area contributed by atoms with Crippen molar-refractivity contribution in [2.45, 2.75) is 62.9 Å². The van der Waals surface area contributed by atoms with E-state index in [4.69, 9.17) is 4.74 Å². The van der Waals surface area contributed by atoms with Gasteiger partial charge in [-0.2, -0.15) is 0 Å². The first-order valence-corrected chi connectivity index (χ1v) is 12.6. The van der Waals surface area contributed by atoms with Gasteiger partial charge in [-0.15, -0.1) is 0 Å². The fraction of sp³-hybridized carbons (Fsp3) is 0.464. The van der Waals surface area contributed by atoms with Crippen molar-refractivity contribution in [2.75, 3.05) is 13.2 Å². The number of nitrogens with zero attached hydrogens (tertiary/aromatic N) is 1. The van der Waals surface area contributed by atoms with Crippen molar-refractivity contribution < 1.29 is 24.2 Å². The number of nitrogens with one attached hydrogen (secondary N) is 1. The Bertz CT molecular complexity index is 1100. The summed E-state index contributed by atoms with van der Waals surface area (Å²) in [5.74, 6) is -1.60. The van der Waals surface area contributed by atoms with Crippen LogP contribution in [0.1, 0.15) is 62.5 Å². The minimum absolute atomic E-state index is 0.0298. The maximum atomic E-state index is 13.4. The second-order valence-electron chi connectivity index (χ2n) is 10.1. The van der Waals surface area contributed by atoms with Crippen molar-refractivity contribution in [3.05, 3.63) is 59.7 Å². The van der Waals surface area contributed by atoms with Gasteiger partial charge in [0.2, 0.25) is 5.91 Å². The molecule has 1 aliphatic heterocycles. The lowest BCUT2D eigenvalue weighted by Crippen LogP contribution is -2.56. The molecule has 0 spiro atoms. The number of likely N-dealkylation sites (tertiary alicyclic amines) is 1. The van der Waals surface area contributed by atoms with Crippen molar-refractivity contribution in [1.29, 1.82) is 0 Å². The van der Waals surface area contributed by atoms with Crippen LogP contribution in [0.15, 0.2) is 48.5 Å². The minimum atomic E-state index is -1.18. The number of hydrogen-bond acceptors (Lipinski definition) is 4. The van der Waals surface area contributed by atoms with E-state index < -0.39 is 23.5 Å². The lowest BCUT2D eigenvalue weighted by atomic mass is 9.82. The number of carboxylic acids is 1. The van der Waals surface area contributed by atoms with Gasteiger partial charge in [-0.05, 0) is 54.9 Å². The number of amides is 2. The van der Waals surface area contributed by atoms with Crippen LogP contribution in [0.2, 0.25) is 0 Å². The van der Waals surface area contributed by atoms with Gasteiger partial charge in [-0.25, -0.2) is 9.59 Å². The van der Waals surface area contributed by atoms with Gasteiger partial charge in [0.1, 0.15) is 12.1 Å². The summed E-state index contributed by atoms with van der Waals surface area (Å²) in [6, 6.07) is 16.0. The van der Waals surface area contributed by atoms with Gasteiger partial charge in [0.05, 0.1) is 5.92 Å². The van der Waals surface area contributed by atoms with Crippen molar-refractivity contribution in [3.8, 4) is 11.1 Å². The van der Waals surface area contributed by atoms with Gasteiger partial charge in [0, 0.05) is 18.5 Å². The number of carbonyl (C=O) groups excluding carboxylic acids is 2. The molecule has 1 heterocycles. The highest BCUT2D eigenvalue weighted by molar-refractivity contribution is 5.89. The fourth-order valence-corrected chi connectivity index (χ4v) is 6.13. The first kappa shape index (κ1) is 23.4. The zero-order chi connectivity index (χ0) is 24.6. The van der Waals surface area contributed by atoms with Crippen LogP contribution in [0.3, 0.4) is 0 Å². The number of carboxylic acid groups (broad SMARTS) is 1. The molecule has 2 aliphatic carbocycles. The first-order chi connectivity index (χ1) is 16.9. The molecular weight excluding hydrogens is 444 g/mol. The molecule has 2 fully saturated rings. The number of hydrogen-bond donors (Lipinski definition) is 2. The molecule has 1 saturated carbocycles. The van der Waals surface area contributed by atoms with Gasteiger partial charge in [-0.3, -0.25) is 4.79 Å². The van der Waals surface area contributed by atoms with Crippen molar-refractivity contribution in [3.63, 3.8) is 0 Å². The Labute approximate surface area is 205 Å². The summed E-state index contributed by atoms with van der Waals surface area (Å²) in [7, 11) is 0. The third-order valence-electron chi connectivity index (χ3n) is 8.10. The van der Waals surface area contributed by atoms with Crippen molar-refractivity contribution in [2.24, 2.45) is 5.92 Å². The van der Waals surface area contributed by atoms with Crippen LogP contribution in [0, 0.1) is 5.92 Å². The molecule has 5 rings (SSSR count). The van der Waals surface area contributed by atoms with E-state index in [-0.39, 0.29) is 24.5 Å². The quantitative estimate of drug-likeness (QED) is 0.660. The van der Waals surface area contributed by atoms with Crippen LogP contribution in [-0.2, 0) is 14.3 Å². The largest absolute Gasteiger partial charge is 0.480 e. The smallest absolute Gasteiger partial charge is 0.407 e. The number of aliphatic carboxylic acids is 1. The molecule has 2 N–H and O–H groups in total. The Morgan fingerprint density at radius 3 is 2.29 bits per heavy atom. The Balaban J connectivity index is 1.26. The molecule has 7 heteroatoms. The lowest BCUT2D eigenvalue weighted by molar-refractivity contribution is -0.157. The first-order valence-electron chi connectivity index (χ1n) is 12.6. The van der Waals surface area contributed by atoms with Crippen LogP contribution in [0.25, 0.3) is 11.1 Å². The van der Waals surface area contributed by atoms with Gasteiger partial charge >= 0.3 is 12.1 Å². The summed E-state index contributed by atoms with van der Waals surface area (Å²) in [4.78, 5) is 39.7. The van der Waals surface area contributed by atoms with Crippen LogP contribution in [0.5, 0.6) is 0 Å². The van der Waals surface area contributed by atoms with E-state index >= 15 is 0 Å². The molecule has 0 aromatic heterocycles. The van der Waals surface area contributed by atoms with E-state index in [0.717, 1.165) is 24.0 Å². The third kappa shape index (κ3) is 4.17. The number of ether oxygens (including phenoxy) is 1. The molecule has 0 radical (unpaired) electrons. The molecule has 2 amide bonds. The summed E-state index contributed by atoms with van der Waals surface area (Å²) >= 11 is 0.